The van der Waals surface area contributed by atoms with Crippen LogP contribution in [0.5, 0.6) is 5.75 Å². The van der Waals surface area contributed by atoms with Crippen LogP contribution in [0, 0.1) is 5.82 Å². The number of benzene rings is 2. The van der Waals surface area contributed by atoms with Crippen LogP contribution in [-0.2, 0) is 10.5 Å². The van der Waals surface area contributed by atoms with Gasteiger partial charge in [0.25, 0.3) is 5.91 Å². The van der Waals surface area contributed by atoms with Gasteiger partial charge in [0, 0.05) is 10.8 Å². The second kappa shape index (κ2) is 8.98. The quantitative estimate of drug-likeness (QED) is 0.455. The zero-order valence-electron chi connectivity index (χ0n) is 13.3. The van der Waals surface area contributed by atoms with Gasteiger partial charge < -0.3 is 4.74 Å². The molecule has 134 valence electrons. The first-order chi connectivity index (χ1) is 12.6. The van der Waals surface area contributed by atoms with Crippen molar-refractivity contribution in [3.05, 3.63) is 64.9 Å². The molecule has 0 aliphatic carbocycles. The van der Waals surface area contributed by atoms with E-state index < -0.39 is 0 Å². The molecular formula is C17H13ClFN3O2S2. The topological polar surface area (TPSA) is 64.1 Å². The van der Waals surface area contributed by atoms with E-state index in [0.29, 0.717) is 26.0 Å². The number of ether oxygens (including phenoxy) is 1. The SMILES string of the molecule is O=C(COc1cccc(Cl)c1)Nc1nnc(SCc2ccc(F)cc2)s1. The lowest BCUT2D eigenvalue weighted by Crippen LogP contribution is -2.20. The maximum absolute atomic E-state index is 12.9. The summed E-state index contributed by atoms with van der Waals surface area (Å²) in [5.74, 6) is 0.553. The zero-order valence-corrected chi connectivity index (χ0v) is 15.7. The number of nitrogens with zero attached hydrogens (tertiary/aromatic N) is 2. The van der Waals surface area contributed by atoms with Crippen LogP contribution in [-0.4, -0.2) is 22.7 Å². The number of hydrogen-bond donors (Lipinski definition) is 1. The zero-order chi connectivity index (χ0) is 18.4. The molecule has 0 spiro atoms. The number of amides is 1. The van der Waals surface area contributed by atoms with Crippen molar-refractivity contribution in [2.24, 2.45) is 0 Å². The molecule has 1 N–H and O–H groups in total. The first kappa shape index (κ1) is 18.6. The van der Waals surface area contributed by atoms with Crippen molar-refractivity contribution in [3.8, 4) is 5.75 Å². The monoisotopic (exact) mass is 409 g/mol. The van der Waals surface area contributed by atoms with Gasteiger partial charge in [0.15, 0.2) is 10.9 Å². The van der Waals surface area contributed by atoms with Crippen LogP contribution in [0.15, 0.2) is 52.9 Å². The van der Waals surface area contributed by atoms with Crippen LogP contribution < -0.4 is 10.1 Å². The van der Waals surface area contributed by atoms with Crippen molar-refractivity contribution in [2.75, 3.05) is 11.9 Å². The third-order valence-corrected chi connectivity index (χ3v) is 5.37. The fourth-order valence-electron chi connectivity index (χ4n) is 1.91. The molecule has 0 saturated carbocycles. The van der Waals surface area contributed by atoms with E-state index in [1.807, 2.05) is 0 Å². The number of anilines is 1. The first-order valence-electron chi connectivity index (χ1n) is 7.47. The maximum atomic E-state index is 12.9. The molecule has 3 aromatic rings. The van der Waals surface area contributed by atoms with Gasteiger partial charge in [-0.2, -0.15) is 0 Å². The average molecular weight is 410 g/mol. The second-order valence-electron chi connectivity index (χ2n) is 5.08. The molecule has 2 aromatic carbocycles. The summed E-state index contributed by atoms with van der Waals surface area (Å²) < 4.78 is 19.0. The van der Waals surface area contributed by atoms with Crippen LogP contribution >= 0.6 is 34.7 Å². The first-order valence-corrected chi connectivity index (χ1v) is 9.65. The van der Waals surface area contributed by atoms with E-state index in [0.717, 1.165) is 5.56 Å². The van der Waals surface area contributed by atoms with E-state index in [-0.39, 0.29) is 18.3 Å². The van der Waals surface area contributed by atoms with E-state index in [1.54, 1.807) is 36.4 Å². The standard InChI is InChI=1S/C17H13ClFN3O2S2/c18-12-2-1-3-14(8-12)24-9-15(23)20-16-21-22-17(26-16)25-10-11-4-6-13(19)7-5-11/h1-8H,9-10H2,(H,20,21,23). The lowest BCUT2D eigenvalue weighted by Gasteiger charge is -2.05. The van der Waals surface area contributed by atoms with Gasteiger partial charge in [0.05, 0.1) is 0 Å². The van der Waals surface area contributed by atoms with Crippen molar-refractivity contribution >= 4 is 45.7 Å². The molecule has 0 atom stereocenters. The van der Waals surface area contributed by atoms with Gasteiger partial charge in [0.1, 0.15) is 11.6 Å². The summed E-state index contributed by atoms with van der Waals surface area (Å²) in [7, 11) is 0. The molecule has 1 aromatic heterocycles. The Morgan fingerprint density at radius 1 is 1.23 bits per heavy atom. The predicted molar refractivity (Wildman–Crippen MR) is 101 cm³/mol. The largest absolute Gasteiger partial charge is 0.484 e. The lowest BCUT2D eigenvalue weighted by atomic mass is 10.2. The molecule has 26 heavy (non-hydrogen) atoms. The fourth-order valence-corrected chi connectivity index (χ4v) is 3.81. The van der Waals surface area contributed by atoms with Crippen molar-refractivity contribution in [3.63, 3.8) is 0 Å². The molecule has 1 amide bonds. The Balaban J connectivity index is 1.46. The van der Waals surface area contributed by atoms with E-state index in [4.69, 9.17) is 16.3 Å². The fraction of sp³-hybridized carbons (Fsp3) is 0.118. The van der Waals surface area contributed by atoms with E-state index >= 15 is 0 Å². The molecule has 1 heterocycles. The Labute approximate surface area is 162 Å². The predicted octanol–water partition coefficient (Wildman–Crippen LogP) is 4.64. The van der Waals surface area contributed by atoms with Gasteiger partial charge in [-0.05, 0) is 35.9 Å². The van der Waals surface area contributed by atoms with Gasteiger partial charge in [-0.25, -0.2) is 4.39 Å². The van der Waals surface area contributed by atoms with Crippen molar-refractivity contribution < 1.29 is 13.9 Å². The highest BCUT2D eigenvalue weighted by Gasteiger charge is 2.10. The van der Waals surface area contributed by atoms with Gasteiger partial charge in [0.2, 0.25) is 5.13 Å². The molecule has 0 bridgehead atoms. The van der Waals surface area contributed by atoms with E-state index in [9.17, 15) is 9.18 Å². The number of nitrogens with one attached hydrogen (secondary N) is 1. The minimum absolute atomic E-state index is 0.155. The number of hydrogen-bond acceptors (Lipinski definition) is 6. The summed E-state index contributed by atoms with van der Waals surface area (Å²) in [5.41, 5.74) is 0.979. The number of rotatable bonds is 7. The molecule has 0 aliphatic heterocycles. The van der Waals surface area contributed by atoms with Crippen LogP contribution in [0.25, 0.3) is 0 Å². The van der Waals surface area contributed by atoms with Crippen molar-refractivity contribution in [1.82, 2.24) is 10.2 Å². The third-order valence-electron chi connectivity index (χ3n) is 3.09. The van der Waals surface area contributed by atoms with Crippen molar-refractivity contribution in [2.45, 2.75) is 10.1 Å². The highest BCUT2D eigenvalue weighted by atomic mass is 35.5. The highest BCUT2D eigenvalue weighted by molar-refractivity contribution is 8.00. The van der Waals surface area contributed by atoms with Gasteiger partial charge in [-0.1, -0.05) is 52.9 Å². The Bertz CT molecular complexity index is 890. The molecule has 0 unspecified atom stereocenters. The smallest absolute Gasteiger partial charge is 0.264 e. The van der Waals surface area contributed by atoms with Crippen LogP contribution in [0.4, 0.5) is 9.52 Å². The summed E-state index contributed by atoms with van der Waals surface area (Å²) in [6, 6.07) is 13.1. The Morgan fingerprint density at radius 3 is 2.81 bits per heavy atom. The second-order valence-corrected chi connectivity index (χ2v) is 7.72. The Hall–Kier alpha value is -2.16. The summed E-state index contributed by atoms with van der Waals surface area (Å²) >= 11 is 8.59. The van der Waals surface area contributed by atoms with Gasteiger partial charge in [-0.15, -0.1) is 10.2 Å². The summed E-state index contributed by atoms with van der Waals surface area (Å²) in [5, 5.41) is 11.5. The number of thioether (sulfide) groups is 1. The third kappa shape index (κ3) is 5.69. The lowest BCUT2D eigenvalue weighted by molar-refractivity contribution is -0.118. The molecule has 5 nitrogen and oxygen atoms in total. The molecule has 3 rings (SSSR count). The highest BCUT2D eigenvalue weighted by Crippen LogP contribution is 2.28. The Morgan fingerprint density at radius 2 is 2.04 bits per heavy atom. The molecule has 0 radical (unpaired) electrons. The van der Waals surface area contributed by atoms with Gasteiger partial charge >= 0.3 is 0 Å². The summed E-state index contributed by atoms with van der Waals surface area (Å²) in [4.78, 5) is 11.9. The normalized spacial score (nSPS) is 10.5. The molecular weight excluding hydrogens is 397 g/mol. The van der Waals surface area contributed by atoms with E-state index in [2.05, 4.69) is 15.5 Å². The summed E-state index contributed by atoms with van der Waals surface area (Å²) in [6.07, 6.45) is 0. The summed E-state index contributed by atoms with van der Waals surface area (Å²) in [6.45, 7) is -0.155. The van der Waals surface area contributed by atoms with Crippen molar-refractivity contribution in [1.29, 1.82) is 0 Å². The molecule has 0 saturated heterocycles. The number of carbonyl (C=O) groups excluding carboxylic acids is 1. The average Bonchev–Trinajstić information content (AvgIpc) is 3.07. The van der Waals surface area contributed by atoms with E-state index in [1.165, 1.54) is 35.2 Å². The number of aromatic nitrogens is 2. The number of carbonyl (C=O) groups is 1. The van der Waals surface area contributed by atoms with Crippen LogP contribution in [0.1, 0.15) is 5.56 Å². The molecule has 0 fully saturated rings. The van der Waals surface area contributed by atoms with Crippen LogP contribution in [0.2, 0.25) is 5.02 Å². The number of halogens is 2. The minimum atomic E-state index is -0.337. The van der Waals surface area contributed by atoms with Gasteiger partial charge in [-0.3, -0.25) is 10.1 Å². The Kier molecular flexibility index (Phi) is 6.43. The maximum Gasteiger partial charge on any atom is 0.264 e. The molecule has 9 heteroatoms. The van der Waals surface area contributed by atoms with Crippen LogP contribution in [0.3, 0.4) is 0 Å². The molecule has 0 aliphatic rings. The minimum Gasteiger partial charge on any atom is -0.484 e.